The normalized spacial score (nSPS) is 20.1. The van der Waals surface area contributed by atoms with Crippen LogP contribution in [0.1, 0.15) is 47.8 Å². The van der Waals surface area contributed by atoms with E-state index in [-0.39, 0.29) is 17.5 Å². The summed E-state index contributed by atoms with van der Waals surface area (Å²) in [6.07, 6.45) is 1.72. The predicted molar refractivity (Wildman–Crippen MR) is 156 cm³/mol. The molecule has 1 aromatic heterocycles. The van der Waals surface area contributed by atoms with E-state index >= 15 is 4.39 Å². The van der Waals surface area contributed by atoms with Gasteiger partial charge in [0.2, 0.25) is 5.88 Å². The molecule has 1 aliphatic carbocycles. The van der Waals surface area contributed by atoms with Gasteiger partial charge in [-0.2, -0.15) is 4.90 Å². The third kappa shape index (κ3) is 5.26. The van der Waals surface area contributed by atoms with Crippen molar-refractivity contribution in [1.82, 2.24) is 9.88 Å². The van der Waals surface area contributed by atoms with E-state index in [1.54, 1.807) is 82.6 Å². The summed E-state index contributed by atoms with van der Waals surface area (Å²) in [6.45, 7) is 5.20. The third-order valence-electron chi connectivity index (χ3n) is 7.01. The monoisotopic (exact) mass is 625 g/mol. The molecule has 0 saturated carbocycles. The van der Waals surface area contributed by atoms with E-state index in [0.29, 0.717) is 29.2 Å². The molecule has 2 heterocycles. The van der Waals surface area contributed by atoms with Gasteiger partial charge in [0.1, 0.15) is 11.4 Å². The predicted octanol–water partition coefficient (Wildman–Crippen LogP) is 6.78. The summed E-state index contributed by atoms with van der Waals surface area (Å²) < 4.78 is 27.7. The highest BCUT2D eigenvalue weighted by Crippen LogP contribution is 2.51. The van der Waals surface area contributed by atoms with Crippen LogP contribution in [0.25, 0.3) is 0 Å². The number of thioether (sulfide) groups is 1. The molecular weight excluding hydrogens is 597 g/mol. The van der Waals surface area contributed by atoms with Crippen LogP contribution < -0.4 is 4.74 Å². The highest BCUT2D eigenvalue weighted by molar-refractivity contribution is 9.10. The number of fused-ring (bicyclic) bond motifs is 2. The van der Waals surface area contributed by atoms with Crippen LogP contribution >= 0.6 is 27.7 Å². The van der Waals surface area contributed by atoms with Crippen molar-refractivity contribution in [3.63, 3.8) is 0 Å². The first-order valence-corrected chi connectivity index (χ1v) is 14.6. The first kappa shape index (κ1) is 28.3. The topological polar surface area (TPSA) is 81.1 Å². The van der Waals surface area contributed by atoms with Gasteiger partial charge in [-0.15, -0.1) is 0 Å². The summed E-state index contributed by atoms with van der Waals surface area (Å²) in [7, 11) is 1.55. The Morgan fingerprint density at radius 1 is 1.10 bits per heavy atom. The van der Waals surface area contributed by atoms with Crippen LogP contribution in [-0.4, -0.2) is 45.5 Å². The van der Waals surface area contributed by atoms with Crippen molar-refractivity contribution >= 4 is 44.9 Å². The van der Waals surface area contributed by atoms with Gasteiger partial charge in [-0.1, -0.05) is 48.2 Å². The number of aliphatic imine (C=N–C) groups is 1. The maximum absolute atomic E-state index is 15.6. The van der Waals surface area contributed by atoms with Gasteiger partial charge >= 0.3 is 6.09 Å². The first-order chi connectivity index (χ1) is 19.0. The maximum Gasteiger partial charge on any atom is 0.423 e. The SMILES string of the molecule is COc1ncc(Br)c2c1C[C@]1(c3ccccc3F)N=C(N(C(=O)OC(C)(C)C)C(=O)c3ccccc3)SC[C@@H]1C2. The Bertz CT molecular complexity index is 1490. The maximum atomic E-state index is 15.6. The van der Waals surface area contributed by atoms with Crippen LogP contribution in [0.15, 0.2) is 70.3 Å². The Balaban J connectivity index is 1.71. The largest absolute Gasteiger partial charge is 0.481 e. The molecule has 0 bridgehead atoms. The summed E-state index contributed by atoms with van der Waals surface area (Å²) in [4.78, 5) is 37.9. The molecule has 2 aromatic carbocycles. The lowest BCUT2D eigenvalue weighted by Gasteiger charge is -2.46. The Kier molecular flexibility index (Phi) is 7.76. The van der Waals surface area contributed by atoms with E-state index in [1.807, 2.05) is 0 Å². The van der Waals surface area contributed by atoms with Gasteiger partial charge in [-0.25, -0.2) is 19.2 Å². The number of hydrogen-bond donors (Lipinski definition) is 0. The van der Waals surface area contributed by atoms with Gasteiger partial charge in [-0.05, 0) is 66.9 Å². The fourth-order valence-corrected chi connectivity index (χ4v) is 6.99. The summed E-state index contributed by atoms with van der Waals surface area (Å²) in [5.74, 6) is -0.189. The van der Waals surface area contributed by atoms with E-state index in [2.05, 4.69) is 20.9 Å². The minimum atomic E-state index is -1.12. The molecule has 3 aromatic rings. The number of benzene rings is 2. The molecule has 0 spiro atoms. The molecule has 10 heteroatoms. The van der Waals surface area contributed by atoms with Crippen molar-refractivity contribution in [2.45, 2.75) is 44.8 Å². The van der Waals surface area contributed by atoms with Gasteiger partial charge in [0.25, 0.3) is 5.91 Å². The van der Waals surface area contributed by atoms with Crippen molar-refractivity contribution in [3.05, 3.63) is 93.3 Å². The number of imide groups is 1. The molecule has 0 fully saturated rings. The van der Waals surface area contributed by atoms with E-state index in [0.717, 1.165) is 20.5 Å². The fourth-order valence-electron chi connectivity index (χ4n) is 5.23. The highest BCUT2D eigenvalue weighted by atomic mass is 79.9. The second-order valence-corrected chi connectivity index (χ2v) is 12.6. The number of nitrogens with zero attached hydrogens (tertiary/aromatic N) is 3. The zero-order chi connectivity index (χ0) is 28.7. The van der Waals surface area contributed by atoms with Crippen LogP contribution in [0, 0.1) is 11.7 Å². The number of amides is 2. The molecule has 0 unspecified atom stereocenters. The van der Waals surface area contributed by atoms with Gasteiger partial charge < -0.3 is 9.47 Å². The van der Waals surface area contributed by atoms with Gasteiger partial charge in [0.05, 0.1) is 12.6 Å². The van der Waals surface area contributed by atoms with Crippen molar-refractivity contribution in [1.29, 1.82) is 0 Å². The number of halogens is 2. The standard InChI is InChI=1S/C30H29BrFN3O4S/c1-29(2,3)39-28(37)35(26(36)18-10-6-5-7-11-18)27-34-30(22-12-8-9-13-24(22)32)15-21-20(14-19(30)17-40-27)23(31)16-33-25(21)38-4/h5-13,16,19H,14-15,17H2,1-4H3/t19-,30-/m0/s1. The van der Waals surface area contributed by atoms with Crippen LogP contribution in [0.2, 0.25) is 0 Å². The minimum Gasteiger partial charge on any atom is -0.481 e. The van der Waals surface area contributed by atoms with Crippen molar-refractivity contribution in [2.24, 2.45) is 10.9 Å². The van der Waals surface area contributed by atoms with Crippen molar-refractivity contribution < 1.29 is 23.5 Å². The van der Waals surface area contributed by atoms with Crippen molar-refractivity contribution in [2.75, 3.05) is 12.9 Å². The molecule has 208 valence electrons. The first-order valence-electron chi connectivity index (χ1n) is 12.8. The smallest absolute Gasteiger partial charge is 0.423 e. The van der Waals surface area contributed by atoms with E-state index in [4.69, 9.17) is 14.5 Å². The average molecular weight is 627 g/mol. The zero-order valence-electron chi connectivity index (χ0n) is 22.6. The lowest BCUT2D eigenvalue weighted by molar-refractivity contribution is 0.0352. The molecule has 7 nitrogen and oxygen atoms in total. The molecule has 2 atom stereocenters. The fraction of sp³-hybridized carbons (Fsp3) is 0.333. The van der Waals surface area contributed by atoms with E-state index in [1.165, 1.54) is 17.8 Å². The molecule has 0 saturated heterocycles. The Morgan fingerprint density at radius 2 is 1.80 bits per heavy atom. The van der Waals surface area contributed by atoms with Crippen LogP contribution in [0.4, 0.5) is 9.18 Å². The van der Waals surface area contributed by atoms with Crippen LogP contribution in [0.3, 0.4) is 0 Å². The second kappa shape index (κ2) is 11.0. The molecule has 40 heavy (non-hydrogen) atoms. The molecule has 5 rings (SSSR count). The second-order valence-electron chi connectivity index (χ2n) is 10.7. The highest BCUT2D eigenvalue weighted by Gasteiger charge is 2.51. The van der Waals surface area contributed by atoms with Crippen LogP contribution in [0.5, 0.6) is 5.88 Å². The number of aromatic nitrogens is 1. The van der Waals surface area contributed by atoms with E-state index < -0.39 is 29.0 Å². The van der Waals surface area contributed by atoms with Gasteiger partial charge in [0, 0.05) is 45.5 Å². The summed E-state index contributed by atoms with van der Waals surface area (Å²) in [5.41, 5.74) is 0.570. The third-order valence-corrected chi connectivity index (χ3v) is 8.80. The molecule has 1 aliphatic heterocycles. The summed E-state index contributed by atoms with van der Waals surface area (Å²) in [5, 5.41) is 0.160. The Morgan fingerprint density at radius 3 is 2.48 bits per heavy atom. The summed E-state index contributed by atoms with van der Waals surface area (Å²) in [6, 6.07) is 15.0. The molecule has 0 radical (unpaired) electrons. The molecule has 2 amide bonds. The molecular formula is C30H29BrFN3O4S. The lowest BCUT2D eigenvalue weighted by Crippen LogP contribution is -2.51. The Labute approximate surface area is 245 Å². The number of carbonyl (C=O) groups is 2. The number of pyridine rings is 1. The number of methoxy groups -OCH3 is 1. The zero-order valence-corrected chi connectivity index (χ0v) is 25.0. The number of hydrogen-bond acceptors (Lipinski definition) is 7. The Hall–Kier alpha value is -3.24. The van der Waals surface area contributed by atoms with Gasteiger partial charge in [0.15, 0.2) is 5.17 Å². The number of ether oxygens (including phenoxy) is 2. The van der Waals surface area contributed by atoms with Crippen LogP contribution in [-0.2, 0) is 23.1 Å². The quantitative estimate of drug-likeness (QED) is 0.319. The summed E-state index contributed by atoms with van der Waals surface area (Å²) >= 11 is 4.92. The minimum absolute atomic E-state index is 0.138. The molecule has 0 N–H and O–H groups in total. The number of carbonyl (C=O) groups excluding carboxylic acids is 2. The average Bonchev–Trinajstić information content (AvgIpc) is 2.92. The van der Waals surface area contributed by atoms with Gasteiger partial charge in [-0.3, -0.25) is 4.79 Å². The van der Waals surface area contributed by atoms with E-state index in [9.17, 15) is 9.59 Å². The number of amidine groups is 1. The molecule has 2 aliphatic rings. The number of rotatable bonds is 3. The lowest BCUT2D eigenvalue weighted by atomic mass is 9.67. The van der Waals surface area contributed by atoms with Crippen molar-refractivity contribution in [3.8, 4) is 5.88 Å².